The highest BCUT2D eigenvalue weighted by Gasteiger charge is 2.08. The first-order valence-corrected chi connectivity index (χ1v) is 5.69. The number of rotatable bonds is 2. The van der Waals surface area contributed by atoms with Crippen LogP contribution in [0.4, 0.5) is 5.69 Å². The van der Waals surface area contributed by atoms with Crippen LogP contribution in [0.5, 0.6) is 0 Å². The van der Waals surface area contributed by atoms with E-state index in [1.807, 2.05) is 24.3 Å². The lowest BCUT2D eigenvalue weighted by Gasteiger charge is -2.01. The van der Waals surface area contributed by atoms with Gasteiger partial charge in [-0.3, -0.25) is 4.79 Å². The molecule has 0 fully saturated rings. The summed E-state index contributed by atoms with van der Waals surface area (Å²) in [5.74, 6) is 0.225. The average molecular weight is 253 g/mol. The fourth-order valence-corrected chi connectivity index (χ4v) is 1.84. The number of nitrogens with two attached hydrogens (primary N) is 1. The third kappa shape index (κ3) is 1.99. The first-order valence-electron chi connectivity index (χ1n) is 5.69. The fourth-order valence-electron chi connectivity index (χ4n) is 1.84. The van der Waals surface area contributed by atoms with Crippen molar-refractivity contribution in [3.63, 3.8) is 0 Å². The molecule has 0 saturated carbocycles. The smallest absolute Gasteiger partial charge is 0.293 e. The summed E-state index contributed by atoms with van der Waals surface area (Å²) < 4.78 is 1.43. The number of para-hydroxylation sites is 1. The van der Waals surface area contributed by atoms with Crippen LogP contribution in [0.25, 0.3) is 16.9 Å². The highest BCUT2D eigenvalue weighted by Crippen LogP contribution is 2.24. The average Bonchev–Trinajstić information content (AvgIpc) is 2.89. The van der Waals surface area contributed by atoms with Crippen molar-refractivity contribution >= 4 is 5.69 Å². The van der Waals surface area contributed by atoms with E-state index in [2.05, 4.69) is 15.1 Å². The van der Waals surface area contributed by atoms with E-state index in [1.54, 1.807) is 12.4 Å². The van der Waals surface area contributed by atoms with Gasteiger partial charge in [-0.2, -0.15) is 5.10 Å². The second kappa shape index (κ2) is 4.41. The Hall–Kier alpha value is -2.89. The van der Waals surface area contributed by atoms with Crippen LogP contribution in [0, 0.1) is 0 Å². The maximum absolute atomic E-state index is 11.6. The van der Waals surface area contributed by atoms with Crippen molar-refractivity contribution in [3.05, 3.63) is 59.4 Å². The molecule has 0 aliphatic heterocycles. The van der Waals surface area contributed by atoms with Gasteiger partial charge in [0.05, 0.1) is 6.20 Å². The number of anilines is 1. The summed E-state index contributed by atoms with van der Waals surface area (Å²) >= 11 is 0. The van der Waals surface area contributed by atoms with Gasteiger partial charge in [-0.15, -0.1) is 0 Å². The second-order valence-corrected chi connectivity index (χ2v) is 4.00. The summed E-state index contributed by atoms with van der Waals surface area (Å²) in [5, 5.41) is 4.14. The summed E-state index contributed by atoms with van der Waals surface area (Å²) in [4.78, 5) is 18.2. The number of H-pyrrole nitrogens is 1. The Bertz CT molecular complexity index is 774. The minimum atomic E-state index is -0.293. The van der Waals surface area contributed by atoms with Gasteiger partial charge in [0.25, 0.3) is 5.56 Å². The molecule has 3 aromatic rings. The fraction of sp³-hybridized carbons (Fsp3) is 0. The minimum Gasteiger partial charge on any atom is -0.398 e. The van der Waals surface area contributed by atoms with Gasteiger partial charge in [-0.1, -0.05) is 18.2 Å². The van der Waals surface area contributed by atoms with E-state index in [0.717, 1.165) is 11.1 Å². The standard InChI is InChI=1S/C13H11N5O/c14-11-4-2-1-3-10(11)9-7-17-18(8-9)12-13(19)16-6-5-15-12/h1-8H,14H2,(H,16,19). The predicted molar refractivity (Wildman–Crippen MR) is 71.8 cm³/mol. The molecule has 3 rings (SSSR count). The second-order valence-electron chi connectivity index (χ2n) is 4.00. The summed E-state index contributed by atoms with van der Waals surface area (Å²) in [6.07, 6.45) is 6.36. The number of aromatic nitrogens is 4. The molecule has 0 atom stereocenters. The maximum Gasteiger partial charge on any atom is 0.293 e. The third-order valence-electron chi connectivity index (χ3n) is 2.76. The van der Waals surface area contributed by atoms with Gasteiger partial charge in [-0.05, 0) is 6.07 Å². The van der Waals surface area contributed by atoms with Gasteiger partial charge in [0.1, 0.15) is 0 Å². The molecule has 1 aromatic carbocycles. The summed E-state index contributed by atoms with van der Waals surface area (Å²) in [7, 11) is 0. The number of nitrogens with zero attached hydrogens (tertiary/aromatic N) is 3. The number of hydrogen-bond donors (Lipinski definition) is 2. The van der Waals surface area contributed by atoms with Crippen LogP contribution < -0.4 is 11.3 Å². The monoisotopic (exact) mass is 253 g/mol. The van der Waals surface area contributed by atoms with Gasteiger partial charge >= 0.3 is 0 Å². The molecule has 0 aliphatic rings. The van der Waals surface area contributed by atoms with Crippen LogP contribution in [0.2, 0.25) is 0 Å². The van der Waals surface area contributed by atoms with Crippen LogP contribution in [-0.4, -0.2) is 19.7 Å². The number of benzene rings is 1. The normalized spacial score (nSPS) is 10.5. The Morgan fingerprint density at radius 1 is 1.26 bits per heavy atom. The molecule has 6 nitrogen and oxygen atoms in total. The number of aromatic amines is 1. The molecule has 0 spiro atoms. The largest absolute Gasteiger partial charge is 0.398 e. The predicted octanol–water partition coefficient (Wildman–Crippen LogP) is 1.20. The highest BCUT2D eigenvalue weighted by molar-refractivity contribution is 5.75. The van der Waals surface area contributed by atoms with Crippen molar-refractivity contribution in [2.75, 3.05) is 5.73 Å². The van der Waals surface area contributed by atoms with E-state index in [1.165, 1.54) is 17.1 Å². The Balaban J connectivity index is 2.08. The first-order chi connectivity index (χ1) is 9.25. The third-order valence-corrected chi connectivity index (χ3v) is 2.76. The van der Waals surface area contributed by atoms with E-state index in [-0.39, 0.29) is 11.4 Å². The van der Waals surface area contributed by atoms with E-state index in [9.17, 15) is 4.79 Å². The molecule has 0 aliphatic carbocycles. The topological polar surface area (TPSA) is 89.6 Å². The van der Waals surface area contributed by atoms with Crippen molar-refractivity contribution in [3.8, 4) is 16.9 Å². The molecular weight excluding hydrogens is 242 g/mol. The van der Waals surface area contributed by atoms with Gasteiger partial charge in [0, 0.05) is 35.4 Å². The number of nitrogen functional groups attached to an aromatic ring is 1. The Morgan fingerprint density at radius 2 is 2.11 bits per heavy atom. The maximum atomic E-state index is 11.6. The van der Waals surface area contributed by atoms with Crippen LogP contribution in [0.3, 0.4) is 0 Å². The molecule has 19 heavy (non-hydrogen) atoms. The number of nitrogens with one attached hydrogen (secondary N) is 1. The van der Waals surface area contributed by atoms with E-state index < -0.39 is 0 Å². The molecule has 0 radical (unpaired) electrons. The summed E-state index contributed by atoms with van der Waals surface area (Å²) in [6, 6.07) is 7.49. The van der Waals surface area contributed by atoms with E-state index >= 15 is 0 Å². The Kier molecular flexibility index (Phi) is 2.60. The van der Waals surface area contributed by atoms with Crippen LogP contribution in [0.1, 0.15) is 0 Å². The van der Waals surface area contributed by atoms with Crippen LogP contribution >= 0.6 is 0 Å². The van der Waals surface area contributed by atoms with Gasteiger partial charge in [-0.25, -0.2) is 9.67 Å². The lowest BCUT2D eigenvalue weighted by atomic mass is 10.1. The Morgan fingerprint density at radius 3 is 2.89 bits per heavy atom. The molecule has 0 amide bonds. The van der Waals surface area contributed by atoms with Gasteiger partial charge in [0.15, 0.2) is 0 Å². The van der Waals surface area contributed by atoms with Crippen molar-refractivity contribution in [2.45, 2.75) is 0 Å². The highest BCUT2D eigenvalue weighted by atomic mass is 16.1. The zero-order valence-corrected chi connectivity index (χ0v) is 9.95. The lowest BCUT2D eigenvalue weighted by molar-refractivity contribution is 0.825. The minimum absolute atomic E-state index is 0.225. The zero-order chi connectivity index (χ0) is 13.2. The van der Waals surface area contributed by atoms with E-state index in [4.69, 9.17) is 5.73 Å². The van der Waals surface area contributed by atoms with Gasteiger partial charge in [0.2, 0.25) is 5.82 Å². The molecule has 2 heterocycles. The zero-order valence-electron chi connectivity index (χ0n) is 9.95. The van der Waals surface area contributed by atoms with Crippen molar-refractivity contribution in [2.24, 2.45) is 0 Å². The summed E-state index contributed by atoms with van der Waals surface area (Å²) in [6.45, 7) is 0. The lowest BCUT2D eigenvalue weighted by Crippen LogP contribution is -2.15. The van der Waals surface area contributed by atoms with Crippen LogP contribution in [-0.2, 0) is 0 Å². The summed E-state index contributed by atoms with van der Waals surface area (Å²) in [5.41, 5.74) is 7.99. The molecule has 3 N–H and O–H groups in total. The quantitative estimate of drug-likeness (QED) is 0.671. The van der Waals surface area contributed by atoms with E-state index in [0.29, 0.717) is 5.69 Å². The van der Waals surface area contributed by atoms with Crippen molar-refractivity contribution in [1.82, 2.24) is 19.7 Å². The molecule has 2 aromatic heterocycles. The molecule has 0 unspecified atom stereocenters. The SMILES string of the molecule is Nc1ccccc1-c1cnn(-c2ncc[nH]c2=O)c1. The molecular formula is C13H11N5O. The van der Waals surface area contributed by atoms with Crippen molar-refractivity contribution < 1.29 is 0 Å². The first kappa shape index (κ1) is 11.2. The van der Waals surface area contributed by atoms with Gasteiger partial charge < -0.3 is 10.7 Å². The molecule has 6 heteroatoms. The molecule has 0 bridgehead atoms. The van der Waals surface area contributed by atoms with Crippen molar-refractivity contribution in [1.29, 1.82) is 0 Å². The van der Waals surface area contributed by atoms with Crippen LogP contribution in [0.15, 0.2) is 53.8 Å². The Labute approximate surface area is 108 Å². The molecule has 94 valence electrons. The molecule has 0 saturated heterocycles. The number of hydrogen-bond acceptors (Lipinski definition) is 4.